The highest BCUT2D eigenvalue weighted by atomic mass is 79.9. The molecule has 108 valence electrons. The average Bonchev–Trinajstić information content (AvgIpc) is 2.99. The molecule has 0 aromatic carbocycles. The minimum atomic E-state index is -0.684. The van der Waals surface area contributed by atoms with Crippen LogP contribution in [-0.4, -0.2) is 32.9 Å². The Morgan fingerprint density at radius 2 is 2.30 bits per heavy atom. The number of carbonyl (C=O) groups excluding carboxylic acids is 1. The van der Waals surface area contributed by atoms with Crippen molar-refractivity contribution in [1.82, 2.24) is 15.1 Å². The molecule has 0 radical (unpaired) electrons. The molecule has 0 saturated carbocycles. The van der Waals surface area contributed by atoms with Crippen LogP contribution in [0, 0.1) is 0 Å². The molecule has 2 aromatic heterocycles. The van der Waals surface area contributed by atoms with Crippen LogP contribution in [0.15, 0.2) is 33.4 Å². The number of aliphatic hydroxyl groups excluding tert-OH is 1. The smallest absolute Gasteiger partial charge is 0.287 e. The summed E-state index contributed by atoms with van der Waals surface area (Å²) >= 11 is 3.31. The summed E-state index contributed by atoms with van der Waals surface area (Å²) in [6, 6.07) is 3.34. The Morgan fingerprint density at radius 1 is 1.55 bits per heavy atom. The topological polar surface area (TPSA) is 80.3 Å². The van der Waals surface area contributed by atoms with Crippen molar-refractivity contribution in [3.05, 3.63) is 40.5 Å². The maximum atomic E-state index is 11.9. The van der Waals surface area contributed by atoms with E-state index in [4.69, 9.17) is 9.52 Å². The van der Waals surface area contributed by atoms with Crippen molar-refractivity contribution in [3.8, 4) is 0 Å². The first-order chi connectivity index (χ1) is 9.39. The molecule has 0 spiro atoms. The Balaban J connectivity index is 2.03. The molecule has 0 aliphatic rings. The maximum Gasteiger partial charge on any atom is 0.287 e. The molecule has 0 aliphatic heterocycles. The second-order valence-corrected chi connectivity index (χ2v) is 6.03. The SMILES string of the molecule is CC(C)(CO)NC(=O)c1ccc(Cn2cc(Br)cn2)o1. The number of nitrogens with zero attached hydrogens (tertiary/aromatic N) is 2. The predicted octanol–water partition coefficient (Wildman–Crippen LogP) is 1.79. The van der Waals surface area contributed by atoms with Gasteiger partial charge in [-0.2, -0.15) is 5.10 Å². The van der Waals surface area contributed by atoms with Gasteiger partial charge in [0.15, 0.2) is 5.76 Å². The second-order valence-electron chi connectivity index (χ2n) is 5.12. The van der Waals surface area contributed by atoms with Crippen LogP contribution in [0.5, 0.6) is 0 Å². The van der Waals surface area contributed by atoms with Gasteiger partial charge in [-0.1, -0.05) is 0 Å². The van der Waals surface area contributed by atoms with Crippen LogP contribution in [0.25, 0.3) is 0 Å². The molecule has 2 rings (SSSR count). The molecule has 0 aliphatic carbocycles. The van der Waals surface area contributed by atoms with E-state index < -0.39 is 5.54 Å². The van der Waals surface area contributed by atoms with Gasteiger partial charge < -0.3 is 14.8 Å². The van der Waals surface area contributed by atoms with Crippen LogP contribution in [0.2, 0.25) is 0 Å². The van der Waals surface area contributed by atoms with Gasteiger partial charge in [-0.05, 0) is 41.9 Å². The van der Waals surface area contributed by atoms with Gasteiger partial charge in [0.05, 0.1) is 29.4 Å². The van der Waals surface area contributed by atoms with Crippen molar-refractivity contribution in [1.29, 1.82) is 0 Å². The Hall–Kier alpha value is -1.60. The van der Waals surface area contributed by atoms with Crippen LogP contribution >= 0.6 is 15.9 Å². The third kappa shape index (κ3) is 3.71. The van der Waals surface area contributed by atoms with Crippen LogP contribution in [0.1, 0.15) is 30.2 Å². The zero-order chi connectivity index (χ0) is 14.8. The number of hydrogen-bond donors (Lipinski definition) is 2. The van der Waals surface area contributed by atoms with Gasteiger partial charge in [0.25, 0.3) is 5.91 Å². The zero-order valence-corrected chi connectivity index (χ0v) is 12.8. The molecule has 0 bridgehead atoms. The number of halogens is 1. The molecule has 0 unspecified atom stereocenters. The average molecular weight is 342 g/mol. The number of aromatic nitrogens is 2. The summed E-state index contributed by atoms with van der Waals surface area (Å²) in [7, 11) is 0. The van der Waals surface area contributed by atoms with Crippen molar-refractivity contribution < 1.29 is 14.3 Å². The lowest BCUT2D eigenvalue weighted by atomic mass is 10.1. The zero-order valence-electron chi connectivity index (χ0n) is 11.3. The van der Waals surface area contributed by atoms with E-state index in [2.05, 4.69) is 26.3 Å². The summed E-state index contributed by atoms with van der Waals surface area (Å²) in [5.41, 5.74) is -0.684. The fourth-order valence-electron chi connectivity index (χ4n) is 1.58. The van der Waals surface area contributed by atoms with Gasteiger partial charge in [-0.3, -0.25) is 9.48 Å². The third-order valence-electron chi connectivity index (χ3n) is 2.65. The first-order valence-electron chi connectivity index (χ1n) is 6.10. The molecule has 20 heavy (non-hydrogen) atoms. The van der Waals surface area contributed by atoms with Crippen molar-refractivity contribution in [2.24, 2.45) is 0 Å². The fraction of sp³-hybridized carbons (Fsp3) is 0.385. The van der Waals surface area contributed by atoms with Crippen LogP contribution in [-0.2, 0) is 6.54 Å². The number of hydrogen-bond acceptors (Lipinski definition) is 4. The van der Waals surface area contributed by atoms with Crippen LogP contribution in [0.3, 0.4) is 0 Å². The Bertz CT molecular complexity index is 604. The normalized spacial score (nSPS) is 11.6. The highest BCUT2D eigenvalue weighted by Crippen LogP contribution is 2.13. The summed E-state index contributed by atoms with van der Waals surface area (Å²) in [5.74, 6) is 0.497. The van der Waals surface area contributed by atoms with Crippen LogP contribution < -0.4 is 5.32 Å². The molecule has 7 heteroatoms. The minimum Gasteiger partial charge on any atom is -0.454 e. The standard InChI is InChI=1S/C13H16BrN3O3/c1-13(2,8-18)16-12(19)11-4-3-10(20-11)7-17-6-9(14)5-15-17/h3-6,18H,7-8H2,1-2H3,(H,16,19). The van der Waals surface area contributed by atoms with Gasteiger partial charge in [0.2, 0.25) is 0 Å². The van der Waals surface area contributed by atoms with E-state index in [-0.39, 0.29) is 18.3 Å². The molecule has 0 saturated heterocycles. The van der Waals surface area contributed by atoms with E-state index in [9.17, 15) is 4.79 Å². The van der Waals surface area contributed by atoms with Gasteiger partial charge in [-0.15, -0.1) is 0 Å². The monoisotopic (exact) mass is 341 g/mol. The van der Waals surface area contributed by atoms with E-state index in [0.29, 0.717) is 12.3 Å². The molecular formula is C13H16BrN3O3. The van der Waals surface area contributed by atoms with E-state index in [0.717, 1.165) is 4.47 Å². The van der Waals surface area contributed by atoms with Crippen molar-refractivity contribution in [2.75, 3.05) is 6.61 Å². The molecule has 2 aromatic rings. The Morgan fingerprint density at radius 3 is 2.90 bits per heavy atom. The predicted molar refractivity (Wildman–Crippen MR) is 76.4 cm³/mol. The highest BCUT2D eigenvalue weighted by Gasteiger charge is 2.22. The van der Waals surface area contributed by atoms with Gasteiger partial charge in [0, 0.05) is 6.20 Å². The van der Waals surface area contributed by atoms with E-state index in [1.54, 1.807) is 36.9 Å². The molecule has 1 amide bonds. The lowest BCUT2D eigenvalue weighted by Gasteiger charge is -2.22. The van der Waals surface area contributed by atoms with Crippen molar-refractivity contribution in [3.63, 3.8) is 0 Å². The fourth-order valence-corrected chi connectivity index (χ4v) is 1.91. The molecule has 6 nitrogen and oxygen atoms in total. The first-order valence-corrected chi connectivity index (χ1v) is 6.89. The number of carbonyl (C=O) groups is 1. The second kappa shape index (κ2) is 5.80. The lowest BCUT2D eigenvalue weighted by molar-refractivity contribution is 0.0839. The molecule has 0 fully saturated rings. The Labute approximate surface area is 124 Å². The highest BCUT2D eigenvalue weighted by molar-refractivity contribution is 9.10. The lowest BCUT2D eigenvalue weighted by Crippen LogP contribution is -2.46. The molecule has 0 atom stereocenters. The maximum absolute atomic E-state index is 11.9. The molecular weight excluding hydrogens is 326 g/mol. The number of amides is 1. The number of rotatable bonds is 5. The number of aliphatic hydroxyl groups is 1. The first kappa shape index (κ1) is 14.8. The summed E-state index contributed by atoms with van der Waals surface area (Å²) < 4.78 is 8.06. The van der Waals surface area contributed by atoms with E-state index in [1.807, 2.05) is 6.20 Å². The summed E-state index contributed by atoms with van der Waals surface area (Å²) in [6.07, 6.45) is 3.50. The molecule has 2 N–H and O–H groups in total. The Kier molecular flexibility index (Phi) is 4.29. The van der Waals surface area contributed by atoms with Crippen LogP contribution in [0.4, 0.5) is 0 Å². The van der Waals surface area contributed by atoms with Gasteiger partial charge >= 0.3 is 0 Å². The largest absolute Gasteiger partial charge is 0.454 e. The van der Waals surface area contributed by atoms with Crippen molar-refractivity contribution >= 4 is 21.8 Å². The molecule has 2 heterocycles. The number of furan rings is 1. The quantitative estimate of drug-likeness (QED) is 0.868. The third-order valence-corrected chi connectivity index (χ3v) is 3.06. The summed E-state index contributed by atoms with van der Waals surface area (Å²) in [5, 5.41) is 15.9. The van der Waals surface area contributed by atoms with Gasteiger partial charge in [-0.25, -0.2) is 0 Å². The van der Waals surface area contributed by atoms with E-state index >= 15 is 0 Å². The summed E-state index contributed by atoms with van der Waals surface area (Å²) in [4.78, 5) is 11.9. The van der Waals surface area contributed by atoms with Crippen molar-refractivity contribution in [2.45, 2.75) is 25.9 Å². The van der Waals surface area contributed by atoms with E-state index in [1.165, 1.54) is 0 Å². The minimum absolute atomic E-state index is 0.145. The summed E-state index contributed by atoms with van der Waals surface area (Å²) in [6.45, 7) is 3.77. The number of nitrogens with one attached hydrogen (secondary N) is 1. The van der Waals surface area contributed by atoms with Gasteiger partial charge in [0.1, 0.15) is 5.76 Å².